The zero-order chi connectivity index (χ0) is 14.7. The summed E-state index contributed by atoms with van der Waals surface area (Å²) in [6, 6.07) is 10.3. The minimum absolute atomic E-state index is 0.159. The van der Waals surface area contributed by atoms with Gasteiger partial charge in [0.2, 0.25) is 5.91 Å². The molecule has 0 atom stereocenters. The van der Waals surface area contributed by atoms with Gasteiger partial charge in [0.1, 0.15) is 5.01 Å². The number of amides is 1. The highest BCUT2D eigenvalue weighted by Crippen LogP contribution is 2.23. The number of nitrogens with zero attached hydrogens (tertiary/aromatic N) is 2. The minimum Gasteiger partial charge on any atom is -0.342 e. The molecule has 1 amide bonds. The SMILES string of the molecule is NC1CCN(C(=O)Cc2csc(-c3ccccc3)n2)CC1. The number of rotatable bonds is 3. The average Bonchev–Trinajstić information content (AvgIpc) is 2.97. The van der Waals surface area contributed by atoms with Gasteiger partial charge < -0.3 is 10.6 Å². The summed E-state index contributed by atoms with van der Waals surface area (Å²) in [4.78, 5) is 18.8. The first-order valence-electron chi connectivity index (χ1n) is 7.25. The smallest absolute Gasteiger partial charge is 0.228 e. The molecule has 0 radical (unpaired) electrons. The predicted molar refractivity (Wildman–Crippen MR) is 85.0 cm³/mol. The fraction of sp³-hybridized carbons (Fsp3) is 0.375. The number of benzene rings is 1. The summed E-state index contributed by atoms with van der Waals surface area (Å²) in [5, 5.41) is 2.95. The Kier molecular flexibility index (Phi) is 4.31. The monoisotopic (exact) mass is 301 g/mol. The largest absolute Gasteiger partial charge is 0.342 e. The first-order valence-corrected chi connectivity index (χ1v) is 8.13. The van der Waals surface area contributed by atoms with Crippen LogP contribution in [0.25, 0.3) is 10.6 Å². The first-order chi connectivity index (χ1) is 10.2. The molecule has 1 aliphatic heterocycles. The number of carbonyl (C=O) groups excluding carboxylic acids is 1. The molecule has 0 spiro atoms. The lowest BCUT2D eigenvalue weighted by molar-refractivity contribution is -0.131. The van der Waals surface area contributed by atoms with Crippen molar-refractivity contribution in [1.82, 2.24) is 9.88 Å². The van der Waals surface area contributed by atoms with Crippen LogP contribution in [0.4, 0.5) is 0 Å². The van der Waals surface area contributed by atoms with E-state index in [0.717, 1.165) is 42.2 Å². The third-order valence-corrected chi connectivity index (χ3v) is 4.74. The standard InChI is InChI=1S/C16H19N3OS/c17-13-6-8-19(9-7-13)15(20)10-14-11-21-16(18-14)12-4-2-1-3-5-12/h1-5,11,13H,6-10,17H2. The second kappa shape index (κ2) is 6.37. The van der Waals surface area contributed by atoms with Crippen molar-refractivity contribution >= 4 is 17.2 Å². The summed E-state index contributed by atoms with van der Waals surface area (Å²) >= 11 is 1.59. The third-order valence-electron chi connectivity index (χ3n) is 3.80. The summed E-state index contributed by atoms with van der Waals surface area (Å²) in [5.41, 5.74) is 7.83. The number of piperidine rings is 1. The van der Waals surface area contributed by atoms with Crippen molar-refractivity contribution in [2.24, 2.45) is 5.73 Å². The molecular weight excluding hydrogens is 282 g/mol. The maximum Gasteiger partial charge on any atom is 0.228 e. The van der Waals surface area contributed by atoms with Crippen LogP contribution in [0.5, 0.6) is 0 Å². The normalized spacial score (nSPS) is 16.1. The van der Waals surface area contributed by atoms with Gasteiger partial charge in [-0.15, -0.1) is 11.3 Å². The summed E-state index contributed by atoms with van der Waals surface area (Å²) in [7, 11) is 0. The lowest BCUT2D eigenvalue weighted by Gasteiger charge is -2.30. The van der Waals surface area contributed by atoms with E-state index in [1.54, 1.807) is 11.3 Å². The van der Waals surface area contributed by atoms with Crippen molar-refractivity contribution < 1.29 is 4.79 Å². The lowest BCUT2D eigenvalue weighted by atomic mass is 10.1. The molecule has 110 valence electrons. The average molecular weight is 301 g/mol. The van der Waals surface area contributed by atoms with Crippen molar-refractivity contribution in [2.75, 3.05) is 13.1 Å². The van der Waals surface area contributed by atoms with Crippen LogP contribution in [0.1, 0.15) is 18.5 Å². The van der Waals surface area contributed by atoms with Gasteiger partial charge in [-0.25, -0.2) is 4.98 Å². The van der Waals surface area contributed by atoms with E-state index in [2.05, 4.69) is 4.98 Å². The van der Waals surface area contributed by atoms with E-state index >= 15 is 0 Å². The van der Waals surface area contributed by atoms with E-state index in [-0.39, 0.29) is 11.9 Å². The predicted octanol–water partition coefficient (Wildman–Crippen LogP) is 2.30. The van der Waals surface area contributed by atoms with E-state index in [1.807, 2.05) is 40.6 Å². The van der Waals surface area contributed by atoms with Crippen LogP contribution in [0.2, 0.25) is 0 Å². The summed E-state index contributed by atoms with van der Waals surface area (Å²) in [6.45, 7) is 1.55. The molecule has 1 aliphatic rings. The van der Waals surface area contributed by atoms with Crippen molar-refractivity contribution in [1.29, 1.82) is 0 Å². The molecule has 1 saturated heterocycles. The van der Waals surface area contributed by atoms with Crippen molar-refractivity contribution in [3.63, 3.8) is 0 Å². The molecule has 0 aliphatic carbocycles. The zero-order valence-electron chi connectivity index (χ0n) is 11.9. The second-order valence-electron chi connectivity index (χ2n) is 5.41. The number of hydrogen-bond acceptors (Lipinski definition) is 4. The quantitative estimate of drug-likeness (QED) is 0.946. The van der Waals surface area contributed by atoms with E-state index < -0.39 is 0 Å². The molecule has 2 heterocycles. The van der Waals surface area contributed by atoms with Gasteiger partial charge in [0.05, 0.1) is 12.1 Å². The number of hydrogen-bond donors (Lipinski definition) is 1. The number of nitrogens with two attached hydrogens (primary N) is 1. The molecule has 1 aromatic heterocycles. The fourth-order valence-electron chi connectivity index (χ4n) is 2.52. The van der Waals surface area contributed by atoms with Gasteiger partial charge in [-0.1, -0.05) is 30.3 Å². The number of thiazole rings is 1. The highest BCUT2D eigenvalue weighted by Gasteiger charge is 2.21. The maximum atomic E-state index is 12.3. The Hall–Kier alpha value is -1.72. The molecule has 21 heavy (non-hydrogen) atoms. The van der Waals surface area contributed by atoms with Crippen molar-refractivity contribution in [3.05, 3.63) is 41.4 Å². The topological polar surface area (TPSA) is 59.2 Å². The van der Waals surface area contributed by atoms with Crippen LogP contribution in [0.15, 0.2) is 35.7 Å². The summed E-state index contributed by atoms with van der Waals surface area (Å²) in [5.74, 6) is 0.159. The molecular formula is C16H19N3OS. The molecule has 3 rings (SSSR count). The van der Waals surface area contributed by atoms with Crippen molar-refractivity contribution in [2.45, 2.75) is 25.3 Å². The molecule has 5 heteroatoms. The lowest BCUT2D eigenvalue weighted by Crippen LogP contribution is -2.43. The van der Waals surface area contributed by atoms with Crippen LogP contribution < -0.4 is 5.73 Å². The van der Waals surface area contributed by atoms with Gasteiger partial charge in [-0.3, -0.25) is 4.79 Å². The molecule has 4 nitrogen and oxygen atoms in total. The Bertz CT molecular complexity index is 603. The summed E-state index contributed by atoms with van der Waals surface area (Å²) in [6.07, 6.45) is 2.19. The fourth-order valence-corrected chi connectivity index (χ4v) is 3.34. The molecule has 1 aromatic carbocycles. The van der Waals surface area contributed by atoms with Crippen molar-refractivity contribution in [3.8, 4) is 10.6 Å². The number of aromatic nitrogens is 1. The highest BCUT2D eigenvalue weighted by molar-refractivity contribution is 7.13. The van der Waals surface area contributed by atoms with Gasteiger partial charge in [0, 0.05) is 30.1 Å². The second-order valence-corrected chi connectivity index (χ2v) is 6.26. The van der Waals surface area contributed by atoms with Gasteiger partial charge in [-0.2, -0.15) is 0 Å². The minimum atomic E-state index is 0.159. The van der Waals surface area contributed by atoms with Gasteiger partial charge in [-0.05, 0) is 12.8 Å². The number of carbonyl (C=O) groups is 1. The van der Waals surface area contributed by atoms with Crippen LogP contribution in [0, 0.1) is 0 Å². The van der Waals surface area contributed by atoms with Crippen LogP contribution >= 0.6 is 11.3 Å². The summed E-state index contributed by atoms with van der Waals surface area (Å²) < 4.78 is 0. The molecule has 0 bridgehead atoms. The molecule has 0 unspecified atom stereocenters. The van der Waals surface area contributed by atoms with Crippen LogP contribution in [0.3, 0.4) is 0 Å². The molecule has 0 saturated carbocycles. The molecule has 2 N–H and O–H groups in total. The highest BCUT2D eigenvalue weighted by atomic mass is 32.1. The molecule has 2 aromatic rings. The molecule has 1 fully saturated rings. The first kappa shape index (κ1) is 14.2. The van der Waals surface area contributed by atoms with Crippen LogP contribution in [-0.2, 0) is 11.2 Å². The Balaban J connectivity index is 1.63. The Morgan fingerprint density at radius 3 is 2.71 bits per heavy atom. The van der Waals surface area contributed by atoms with E-state index in [1.165, 1.54) is 0 Å². The van der Waals surface area contributed by atoms with Crippen LogP contribution in [-0.4, -0.2) is 34.9 Å². The Morgan fingerprint density at radius 2 is 2.00 bits per heavy atom. The number of likely N-dealkylation sites (tertiary alicyclic amines) is 1. The van der Waals surface area contributed by atoms with Gasteiger partial charge >= 0.3 is 0 Å². The third kappa shape index (κ3) is 3.49. The van der Waals surface area contributed by atoms with Gasteiger partial charge in [0.15, 0.2) is 0 Å². The zero-order valence-corrected chi connectivity index (χ0v) is 12.7. The van der Waals surface area contributed by atoms with E-state index in [9.17, 15) is 4.79 Å². The van der Waals surface area contributed by atoms with E-state index in [4.69, 9.17) is 5.73 Å². The Labute approximate surface area is 128 Å². The Morgan fingerprint density at radius 1 is 1.29 bits per heavy atom. The van der Waals surface area contributed by atoms with E-state index in [0.29, 0.717) is 6.42 Å². The maximum absolute atomic E-state index is 12.3. The van der Waals surface area contributed by atoms with Gasteiger partial charge in [0.25, 0.3) is 0 Å².